The lowest BCUT2D eigenvalue weighted by molar-refractivity contribution is 0.261. The minimum Gasteiger partial charge on any atom is -0.508 e. The molecule has 3 aromatic rings. The number of ether oxygens (including phenoxy) is 1. The number of aromatic hydroxyl groups is 1. The Labute approximate surface area is 154 Å². The zero-order valence-corrected chi connectivity index (χ0v) is 15.4. The van der Waals surface area contributed by atoms with Crippen molar-refractivity contribution in [2.45, 2.75) is 6.92 Å². The summed E-state index contributed by atoms with van der Waals surface area (Å²) in [7, 11) is 4.06. The van der Waals surface area contributed by atoms with Crippen molar-refractivity contribution in [1.29, 1.82) is 0 Å². The van der Waals surface area contributed by atoms with Gasteiger partial charge in [-0.2, -0.15) is 0 Å². The van der Waals surface area contributed by atoms with Crippen LogP contribution in [0.4, 0.5) is 0 Å². The van der Waals surface area contributed by atoms with E-state index in [0.717, 1.165) is 40.4 Å². The van der Waals surface area contributed by atoms with Crippen molar-refractivity contribution >= 4 is 0 Å². The molecule has 1 heterocycles. The highest BCUT2D eigenvalue weighted by molar-refractivity contribution is 5.81. The number of pyridine rings is 1. The second-order valence-electron chi connectivity index (χ2n) is 6.57. The Morgan fingerprint density at radius 1 is 0.885 bits per heavy atom. The molecule has 0 bridgehead atoms. The quantitative estimate of drug-likeness (QED) is 0.718. The molecule has 0 spiro atoms. The molecule has 0 fully saturated rings. The van der Waals surface area contributed by atoms with Crippen LogP contribution in [0.25, 0.3) is 22.4 Å². The molecule has 4 nitrogen and oxygen atoms in total. The van der Waals surface area contributed by atoms with E-state index in [1.807, 2.05) is 63.5 Å². The number of phenols is 1. The lowest BCUT2D eigenvalue weighted by atomic mass is 9.99. The SMILES string of the molecule is Cc1ccc(-c2ccc(O)cc2)c(-c2ccc(OCCN(C)C)cc2)n1. The van der Waals surface area contributed by atoms with Gasteiger partial charge in [0, 0.05) is 23.4 Å². The van der Waals surface area contributed by atoms with Gasteiger partial charge in [-0.3, -0.25) is 4.98 Å². The lowest BCUT2D eigenvalue weighted by Gasteiger charge is -2.13. The smallest absolute Gasteiger partial charge is 0.119 e. The molecule has 0 saturated heterocycles. The number of phenolic OH excluding ortho intramolecular Hbond substituents is 1. The molecule has 0 amide bonds. The molecular formula is C22H24N2O2. The summed E-state index contributed by atoms with van der Waals surface area (Å²) in [6, 6.07) is 19.3. The van der Waals surface area contributed by atoms with Crippen LogP contribution in [0.5, 0.6) is 11.5 Å². The van der Waals surface area contributed by atoms with Crippen LogP contribution in [0.3, 0.4) is 0 Å². The number of hydrogen-bond donors (Lipinski definition) is 1. The summed E-state index contributed by atoms with van der Waals surface area (Å²) in [5.41, 5.74) is 4.99. The van der Waals surface area contributed by atoms with Gasteiger partial charge in [0.1, 0.15) is 18.1 Å². The van der Waals surface area contributed by atoms with Crippen molar-refractivity contribution in [3.63, 3.8) is 0 Å². The zero-order chi connectivity index (χ0) is 18.5. The molecule has 0 unspecified atom stereocenters. The van der Waals surface area contributed by atoms with Gasteiger partial charge < -0.3 is 14.7 Å². The highest BCUT2D eigenvalue weighted by atomic mass is 16.5. The van der Waals surface area contributed by atoms with E-state index in [1.165, 1.54) is 0 Å². The van der Waals surface area contributed by atoms with E-state index in [9.17, 15) is 5.11 Å². The molecular weight excluding hydrogens is 324 g/mol. The summed E-state index contributed by atoms with van der Waals surface area (Å²) in [6.45, 7) is 3.53. The Bertz CT molecular complexity index is 856. The van der Waals surface area contributed by atoms with E-state index >= 15 is 0 Å². The van der Waals surface area contributed by atoms with Gasteiger partial charge in [-0.15, -0.1) is 0 Å². The normalized spacial score (nSPS) is 10.9. The van der Waals surface area contributed by atoms with Gasteiger partial charge in [-0.1, -0.05) is 18.2 Å². The maximum Gasteiger partial charge on any atom is 0.119 e. The third-order valence-corrected chi connectivity index (χ3v) is 4.15. The minimum absolute atomic E-state index is 0.259. The van der Waals surface area contributed by atoms with Crippen LogP contribution in [0, 0.1) is 6.92 Å². The molecule has 1 N–H and O–H groups in total. The Hall–Kier alpha value is -2.85. The first-order valence-corrected chi connectivity index (χ1v) is 8.68. The summed E-state index contributed by atoms with van der Waals surface area (Å²) in [4.78, 5) is 6.84. The second kappa shape index (κ2) is 8.02. The standard InChI is InChI=1S/C22H24N2O2/c1-16-4-13-21(17-5-9-19(25)10-6-17)22(23-16)18-7-11-20(12-8-18)26-15-14-24(2)3/h4-13,25H,14-15H2,1-3H3. The fraction of sp³-hybridized carbons (Fsp3) is 0.227. The first-order chi connectivity index (χ1) is 12.5. The highest BCUT2D eigenvalue weighted by Gasteiger charge is 2.10. The minimum atomic E-state index is 0.259. The van der Waals surface area contributed by atoms with E-state index in [0.29, 0.717) is 6.61 Å². The molecule has 0 aliphatic heterocycles. The fourth-order valence-electron chi connectivity index (χ4n) is 2.71. The molecule has 26 heavy (non-hydrogen) atoms. The van der Waals surface area contributed by atoms with E-state index < -0.39 is 0 Å². The van der Waals surface area contributed by atoms with Crippen molar-refractivity contribution in [3.05, 3.63) is 66.4 Å². The van der Waals surface area contributed by atoms with Gasteiger partial charge in [0.25, 0.3) is 0 Å². The average Bonchev–Trinajstić information content (AvgIpc) is 2.63. The number of rotatable bonds is 6. The summed E-state index contributed by atoms with van der Waals surface area (Å²) in [6.07, 6.45) is 0. The Morgan fingerprint density at radius 3 is 2.19 bits per heavy atom. The van der Waals surface area contributed by atoms with Gasteiger partial charge in [-0.25, -0.2) is 0 Å². The van der Waals surface area contributed by atoms with E-state index in [2.05, 4.69) is 11.0 Å². The van der Waals surface area contributed by atoms with Crippen LogP contribution in [0.1, 0.15) is 5.69 Å². The number of hydrogen-bond acceptors (Lipinski definition) is 4. The highest BCUT2D eigenvalue weighted by Crippen LogP contribution is 2.32. The third kappa shape index (κ3) is 4.41. The second-order valence-corrected chi connectivity index (χ2v) is 6.57. The number of aryl methyl sites for hydroxylation is 1. The molecule has 0 saturated carbocycles. The summed E-state index contributed by atoms with van der Waals surface area (Å²) in [5, 5.41) is 9.54. The Kier molecular flexibility index (Phi) is 5.54. The van der Waals surface area contributed by atoms with Crippen LogP contribution < -0.4 is 4.74 Å². The fourth-order valence-corrected chi connectivity index (χ4v) is 2.71. The van der Waals surface area contributed by atoms with Gasteiger partial charge in [0.05, 0.1) is 5.69 Å². The van der Waals surface area contributed by atoms with E-state index in [-0.39, 0.29) is 5.75 Å². The summed E-state index contributed by atoms with van der Waals surface area (Å²) in [5.74, 6) is 1.11. The van der Waals surface area contributed by atoms with Crippen LogP contribution in [-0.2, 0) is 0 Å². The van der Waals surface area contributed by atoms with Gasteiger partial charge in [0.2, 0.25) is 0 Å². The van der Waals surface area contributed by atoms with E-state index in [1.54, 1.807) is 12.1 Å². The molecule has 2 aromatic carbocycles. The molecule has 0 radical (unpaired) electrons. The molecule has 1 aromatic heterocycles. The maximum absolute atomic E-state index is 9.54. The lowest BCUT2D eigenvalue weighted by Crippen LogP contribution is -2.19. The predicted molar refractivity (Wildman–Crippen MR) is 106 cm³/mol. The summed E-state index contributed by atoms with van der Waals surface area (Å²) < 4.78 is 5.77. The monoisotopic (exact) mass is 348 g/mol. The molecule has 0 aliphatic carbocycles. The van der Waals surface area contributed by atoms with Crippen molar-refractivity contribution in [3.8, 4) is 33.9 Å². The molecule has 0 aliphatic rings. The van der Waals surface area contributed by atoms with Crippen molar-refractivity contribution in [2.75, 3.05) is 27.2 Å². The largest absolute Gasteiger partial charge is 0.508 e. The van der Waals surface area contributed by atoms with Crippen molar-refractivity contribution < 1.29 is 9.84 Å². The zero-order valence-electron chi connectivity index (χ0n) is 15.4. The van der Waals surface area contributed by atoms with Gasteiger partial charge in [-0.05, 0) is 69.0 Å². The van der Waals surface area contributed by atoms with E-state index in [4.69, 9.17) is 9.72 Å². The maximum atomic E-state index is 9.54. The number of benzene rings is 2. The first-order valence-electron chi connectivity index (χ1n) is 8.68. The Morgan fingerprint density at radius 2 is 1.54 bits per heavy atom. The molecule has 134 valence electrons. The summed E-state index contributed by atoms with van der Waals surface area (Å²) >= 11 is 0. The average molecular weight is 348 g/mol. The molecule has 3 rings (SSSR count). The van der Waals surface area contributed by atoms with Crippen LogP contribution in [0.2, 0.25) is 0 Å². The topological polar surface area (TPSA) is 45.6 Å². The number of likely N-dealkylation sites (N-methyl/N-ethyl adjacent to an activating group) is 1. The number of nitrogens with zero attached hydrogens (tertiary/aromatic N) is 2. The van der Waals surface area contributed by atoms with Crippen LogP contribution >= 0.6 is 0 Å². The van der Waals surface area contributed by atoms with Crippen LogP contribution in [0.15, 0.2) is 60.7 Å². The predicted octanol–water partition coefficient (Wildman–Crippen LogP) is 4.37. The third-order valence-electron chi connectivity index (χ3n) is 4.15. The van der Waals surface area contributed by atoms with Crippen molar-refractivity contribution in [2.24, 2.45) is 0 Å². The van der Waals surface area contributed by atoms with Crippen LogP contribution in [-0.4, -0.2) is 42.2 Å². The number of aromatic nitrogens is 1. The van der Waals surface area contributed by atoms with Gasteiger partial charge >= 0.3 is 0 Å². The molecule has 0 atom stereocenters. The van der Waals surface area contributed by atoms with Crippen molar-refractivity contribution in [1.82, 2.24) is 9.88 Å². The molecule has 4 heteroatoms. The Balaban J connectivity index is 1.88. The van der Waals surface area contributed by atoms with Gasteiger partial charge in [0.15, 0.2) is 0 Å². The first kappa shape index (κ1) is 18.0.